The van der Waals surface area contributed by atoms with Crippen molar-refractivity contribution in [3.05, 3.63) is 35.9 Å². The molecule has 1 saturated heterocycles. The van der Waals surface area contributed by atoms with Crippen molar-refractivity contribution in [3.63, 3.8) is 0 Å². The third-order valence-corrected chi connectivity index (χ3v) is 5.97. The molecule has 0 spiro atoms. The van der Waals surface area contributed by atoms with E-state index in [0.717, 1.165) is 5.56 Å². The van der Waals surface area contributed by atoms with E-state index >= 15 is 0 Å². The number of ether oxygens (including phenoxy) is 1. The lowest BCUT2D eigenvalue weighted by Gasteiger charge is -2.22. The predicted octanol–water partition coefficient (Wildman–Crippen LogP) is 0.239. The number of amides is 1. The van der Waals surface area contributed by atoms with E-state index in [-0.39, 0.29) is 24.8 Å². The van der Waals surface area contributed by atoms with Crippen LogP contribution in [0, 0.1) is 0 Å². The lowest BCUT2D eigenvalue weighted by Crippen LogP contribution is -2.39. The Morgan fingerprint density at radius 2 is 1.88 bits per heavy atom. The first-order valence-corrected chi connectivity index (χ1v) is 10.0. The molecule has 0 saturated carbocycles. The number of sulfonamides is 1. The Morgan fingerprint density at radius 3 is 2.56 bits per heavy atom. The molecule has 1 aliphatic rings. The van der Waals surface area contributed by atoms with E-state index in [4.69, 9.17) is 4.74 Å². The van der Waals surface area contributed by atoms with E-state index in [0.29, 0.717) is 32.8 Å². The number of hydrogen-bond donors (Lipinski definition) is 0. The highest BCUT2D eigenvalue weighted by Gasteiger charge is 2.28. The average molecular weight is 369 g/mol. The minimum Gasteiger partial charge on any atom is -0.367 e. The molecule has 1 aromatic rings. The van der Waals surface area contributed by atoms with Crippen molar-refractivity contribution in [1.29, 1.82) is 0 Å². The highest BCUT2D eigenvalue weighted by atomic mass is 32.2. The summed E-state index contributed by atoms with van der Waals surface area (Å²) in [5, 5.41) is 0. The van der Waals surface area contributed by atoms with Gasteiger partial charge in [0.2, 0.25) is 15.9 Å². The number of likely N-dealkylation sites (N-methyl/N-ethyl adjacent to an activating group) is 1. The van der Waals surface area contributed by atoms with Gasteiger partial charge in [-0.15, -0.1) is 0 Å². The summed E-state index contributed by atoms with van der Waals surface area (Å²) in [5.41, 5.74) is 1.00. The van der Waals surface area contributed by atoms with Crippen molar-refractivity contribution in [2.75, 3.05) is 59.2 Å². The van der Waals surface area contributed by atoms with E-state index < -0.39 is 10.0 Å². The summed E-state index contributed by atoms with van der Waals surface area (Å²) in [6.45, 7) is 2.39. The van der Waals surface area contributed by atoms with E-state index in [9.17, 15) is 13.2 Å². The fourth-order valence-electron chi connectivity index (χ4n) is 2.57. The lowest BCUT2D eigenvalue weighted by atomic mass is 10.2. The molecule has 0 aromatic heterocycles. The van der Waals surface area contributed by atoms with Gasteiger partial charge in [0.05, 0.1) is 12.4 Å². The Hall–Kier alpha value is -1.48. The molecule has 1 aliphatic heterocycles. The largest absolute Gasteiger partial charge is 0.367 e. The maximum atomic E-state index is 12.3. The molecule has 25 heavy (non-hydrogen) atoms. The van der Waals surface area contributed by atoms with Crippen molar-refractivity contribution in [2.45, 2.75) is 6.61 Å². The van der Waals surface area contributed by atoms with Crippen LogP contribution in [-0.2, 0) is 26.2 Å². The normalized spacial score (nSPS) is 18.3. The van der Waals surface area contributed by atoms with Crippen molar-refractivity contribution in [2.24, 2.45) is 0 Å². The zero-order valence-corrected chi connectivity index (χ0v) is 15.7. The summed E-state index contributed by atoms with van der Waals surface area (Å²) >= 11 is 0. The van der Waals surface area contributed by atoms with E-state index in [1.165, 1.54) is 4.31 Å². The second-order valence-electron chi connectivity index (χ2n) is 6.38. The van der Waals surface area contributed by atoms with Crippen LogP contribution in [0.2, 0.25) is 0 Å². The van der Waals surface area contributed by atoms with Gasteiger partial charge in [0, 0.05) is 32.7 Å². The van der Waals surface area contributed by atoms with Gasteiger partial charge in [-0.1, -0.05) is 30.3 Å². The highest BCUT2D eigenvalue weighted by molar-refractivity contribution is 7.89. The van der Waals surface area contributed by atoms with Crippen molar-refractivity contribution < 1.29 is 17.9 Å². The molecule has 2 rings (SSSR count). The number of benzene rings is 1. The summed E-state index contributed by atoms with van der Waals surface area (Å²) in [6.07, 6.45) is 0. The number of carbonyl (C=O) groups is 1. The Kier molecular flexibility index (Phi) is 7.37. The third-order valence-electron chi connectivity index (χ3n) is 4.12. The molecule has 0 bridgehead atoms. The molecule has 8 heteroatoms. The van der Waals surface area contributed by atoms with Gasteiger partial charge >= 0.3 is 0 Å². The van der Waals surface area contributed by atoms with E-state index in [1.54, 1.807) is 4.90 Å². The second-order valence-corrected chi connectivity index (χ2v) is 8.47. The molecule has 1 fully saturated rings. The maximum absolute atomic E-state index is 12.3. The molecular weight excluding hydrogens is 342 g/mol. The first-order chi connectivity index (χ1) is 11.9. The summed E-state index contributed by atoms with van der Waals surface area (Å²) in [4.78, 5) is 15.8. The SMILES string of the molecule is CN(C)CCN1CCN(C(=O)COCc2ccccc2)CCS1(=O)=O. The average Bonchev–Trinajstić information content (AvgIpc) is 2.72. The fourth-order valence-corrected chi connectivity index (χ4v) is 4.00. The Labute approximate surface area is 150 Å². The molecular formula is C17H27N3O4S. The smallest absolute Gasteiger partial charge is 0.248 e. The molecule has 0 atom stereocenters. The van der Waals surface area contributed by atoms with Crippen molar-refractivity contribution >= 4 is 15.9 Å². The highest BCUT2D eigenvalue weighted by Crippen LogP contribution is 2.09. The number of rotatable bonds is 7. The molecule has 0 aliphatic carbocycles. The van der Waals surface area contributed by atoms with Gasteiger partial charge in [0.25, 0.3) is 0 Å². The van der Waals surface area contributed by atoms with Crippen LogP contribution < -0.4 is 0 Å². The van der Waals surface area contributed by atoms with Crippen LogP contribution in [-0.4, -0.2) is 87.6 Å². The van der Waals surface area contributed by atoms with Crippen LogP contribution in [0.15, 0.2) is 30.3 Å². The van der Waals surface area contributed by atoms with E-state index in [2.05, 4.69) is 0 Å². The van der Waals surface area contributed by atoms with Gasteiger partial charge in [-0.25, -0.2) is 8.42 Å². The van der Waals surface area contributed by atoms with Crippen molar-refractivity contribution in [3.8, 4) is 0 Å². The maximum Gasteiger partial charge on any atom is 0.248 e. The predicted molar refractivity (Wildman–Crippen MR) is 96.6 cm³/mol. The number of carbonyl (C=O) groups excluding carboxylic acids is 1. The molecule has 0 N–H and O–H groups in total. The molecule has 1 heterocycles. The van der Waals surface area contributed by atoms with Gasteiger partial charge in [-0.3, -0.25) is 4.79 Å². The lowest BCUT2D eigenvalue weighted by molar-refractivity contribution is -0.136. The Bertz CT molecular complexity index is 649. The summed E-state index contributed by atoms with van der Waals surface area (Å²) < 4.78 is 31.6. The quantitative estimate of drug-likeness (QED) is 0.689. The summed E-state index contributed by atoms with van der Waals surface area (Å²) in [5.74, 6) is -0.203. The Balaban J connectivity index is 1.83. The van der Waals surface area contributed by atoms with E-state index in [1.807, 2.05) is 49.3 Å². The summed E-state index contributed by atoms with van der Waals surface area (Å²) in [6, 6.07) is 9.64. The number of nitrogens with zero attached hydrogens (tertiary/aromatic N) is 3. The first-order valence-electron chi connectivity index (χ1n) is 8.40. The number of hydrogen-bond acceptors (Lipinski definition) is 5. The van der Waals surface area contributed by atoms with Crippen LogP contribution in [0.3, 0.4) is 0 Å². The van der Waals surface area contributed by atoms with Gasteiger partial charge in [-0.2, -0.15) is 4.31 Å². The van der Waals surface area contributed by atoms with Gasteiger partial charge in [0.15, 0.2) is 0 Å². The van der Waals surface area contributed by atoms with Crippen LogP contribution >= 0.6 is 0 Å². The van der Waals surface area contributed by atoms with Crippen LogP contribution in [0.4, 0.5) is 0 Å². The fraction of sp³-hybridized carbons (Fsp3) is 0.588. The molecule has 7 nitrogen and oxygen atoms in total. The second kappa shape index (κ2) is 9.28. The molecule has 1 amide bonds. The molecule has 1 aromatic carbocycles. The van der Waals surface area contributed by atoms with Gasteiger partial charge in [0.1, 0.15) is 6.61 Å². The minimum atomic E-state index is -3.31. The topological polar surface area (TPSA) is 70.2 Å². The van der Waals surface area contributed by atoms with Crippen molar-refractivity contribution in [1.82, 2.24) is 14.1 Å². The zero-order chi connectivity index (χ0) is 18.3. The molecule has 0 unspecified atom stereocenters. The Morgan fingerprint density at radius 1 is 1.16 bits per heavy atom. The van der Waals surface area contributed by atoms with Crippen LogP contribution in [0.1, 0.15) is 5.56 Å². The molecule has 0 radical (unpaired) electrons. The summed E-state index contributed by atoms with van der Waals surface area (Å²) in [7, 11) is 0.501. The van der Waals surface area contributed by atoms with Crippen LogP contribution in [0.25, 0.3) is 0 Å². The minimum absolute atomic E-state index is 0.0351. The third kappa shape index (κ3) is 6.39. The van der Waals surface area contributed by atoms with Gasteiger partial charge < -0.3 is 14.5 Å². The molecule has 140 valence electrons. The van der Waals surface area contributed by atoms with Crippen LogP contribution in [0.5, 0.6) is 0 Å². The monoisotopic (exact) mass is 369 g/mol. The van der Waals surface area contributed by atoms with Gasteiger partial charge in [-0.05, 0) is 19.7 Å². The first kappa shape index (κ1) is 19.8. The zero-order valence-electron chi connectivity index (χ0n) is 14.9. The standard InChI is InChI=1S/C17H27N3O4S/c1-18(2)8-10-20-11-9-19(12-13-25(20,22)23)17(21)15-24-14-16-6-4-3-5-7-16/h3-7H,8-15H2,1-2H3.